The molecule has 0 saturated carbocycles. The van der Waals surface area contributed by atoms with Crippen LogP contribution in [0.2, 0.25) is 0 Å². The van der Waals surface area contributed by atoms with Crippen molar-refractivity contribution < 1.29 is 4.79 Å². The smallest absolute Gasteiger partial charge is 0.119 e. The number of allylic oxidation sites excluding steroid dienone is 1. The minimum Gasteiger partial charge on any atom is -0.303 e. The molecule has 0 aromatic heterocycles. The number of aldehydes is 1. The van der Waals surface area contributed by atoms with Crippen molar-refractivity contribution >= 4 is 12.5 Å². The van der Waals surface area contributed by atoms with Gasteiger partial charge in [0.25, 0.3) is 0 Å². The van der Waals surface area contributed by atoms with Crippen molar-refractivity contribution in [3.63, 3.8) is 0 Å². The summed E-state index contributed by atoms with van der Waals surface area (Å²) in [6.45, 7) is 2.80. The molecule has 0 atom stereocenters. The molecule has 0 saturated heterocycles. The summed E-state index contributed by atoms with van der Waals surface area (Å²) in [5.41, 5.74) is 0. The molecule has 0 N–H and O–H groups in total. The normalized spacial score (nSPS) is 13.7. The zero-order valence-corrected chi connectivity index (χ0v) is 6.29. The summed E-state index contributed by atoms with van der Waals surface area (Å²) in [6, 6.07) is 0. The van der Waals surface area contributed by atoms with Gasteiger partial charge < -0.3 is 4.79 Å². The SMILES string of the molecule is C1=CCCN=C1.CCC=O. The second kappa shape index (κ2) is 8.08. The van der Waals surface area contributed by atoms with Gasteiger partial charge in [0.05, 0.1) is 0 Å². The molecule has 1 aliphatic rings. The average Bonchev–Trinajstić information content (AvgIpc) is 2.08. The Morgan fingerprint density at radius 2 is 2.40 bits per heavy atom. The van der Waals surface area contributed by atoms with Crippen molar-refractivity contribution in [3.05, 3.63) is 12.2 Å². The number of carbonyl (C=O) groups excluding carboxylic acids is 1. The highest BCUT2D eigenvalue weighted by atomic mass is 16.1. The molecule has 2 heteroatoms. The first-order valence-electron chi connectivity index (χ1n) is 3.50. The Labute approximate surface area is 61.7 Å². The van der Waals surface area contributed by atoms with E-state index in [1.54, 1.807) is 0 Å². The summed E-state index contributed by atoms with van der Waals surface area (Å²) < 4.78 is 0. The Kier molecular flexibility index (Phi) is 7.34. The van der Waals surface area contributed by atoms with Crippen molar-refractivity contribution in [2.24, 2.45) is 4.99 Å². The van der Waals surface area contributed by atoms with E-state index in [0.717, 1.165) is 19.3 Å². The lowest BCUT2D eigenvalue weighted by molar-refractivity contribution is -0.107. The average molecular weight is 139 g/mol. The van der Waals surface area contributed by atoms with Crippen LogP contribution in [0.4, 0.5) is 0 Å². The van der Waals surface area contributed by atoms with Crippen molar-refractivity contribution in [2.45, 2.75) is 19.8 Å². The number of rotatable bonds is 1. The minimum absolute atomic E-state index is 0.639. The van der Waals surface area contributed by atoms with E-state index >= 15 is 0 Å². The molecular formula is C8H13NO. The minimum atomic E-state index is 0.639. The molecule has 0 bridgehead atoms. The van der Waals surface area contributed by atoms with Crippen molar-refractivity contribution in [1.29, 1.82) is 0 Å². The Morgan fingerprint density at radius 1 is 1.70 bits per heavy atom. The van der Waals surface area contributed by atoms with Crippen LogP contribution in [0.25, 0.3) is 0 Å². The van der Waals surface area contributed by atoms with Crippen molar-refractivity contribution in [2.75, 3.05) is 6.54 Å². The molecule has 0 amide bonds. The van der Waals surface area contributed by atoms with Gasteiger partial charge >= 0.3 is 0 Å². The van der Waals surface area contributed by atoms with Gasteiger partial charge in [0.15, 0.2) is 0 Å². The number of hydrogen-bond acceptors (Lipinski definition) is 2. The van der Waals surface area contributed by atoms with Crippen LogP contribution in [0.15, 0.2) is 17.1 Å². The lowest BCUT2D eigenvalue weighted by Gasteiger charge is -1.88. The van der Waals surface area contributed by atoms with E-state index in [0.29, 0.717) is 6.42 Å². The highest BCUT2D eigenvalue weighted by Crippen LogP contribution is 1.87. The van der Waals surface area contributed by atoms with Gasteiger partial charge in [-0.05, 0) is 12.5 Å². The topological polar surface area (TPSA) is 29.4 Å². The number of aliphatic imine (C=N–C) groups is 1. The lowest BCUT2D eigenvalue weighted by atomic mass is 10.3. The zero-order valence-electron chi connectivity index (χ0n) is 6.29. The van der Waals surface area contributed by atoms with Crippen LogP contribution in [0, 0.1) is 0 Å². The van der Waals surface area contributed by atoms with E-state index in [9.17, 15) is 4.79 Å². The summed E-state index contributed by atoms with van der Waals surface area (Å²) in [7, 11) is 0. The Morgan fingerprint density at radius 3 is 2.50 bits per heavy atom. The van der Waals surface area contributed by atoms with Crippen LogP contribution in [0.3, 0.4) is 0 Å². The third-order valence-electron chi connectivity index (χ3n) is 0.919. The predicted molar refractivity (Wildman–Crippen MR) is 43.5 cm³/mol. The molecule has 0 unspecified atom stereocenters. The van der Waals surface area contributed by atoms with Crippen molar-refractivity contribution in [1.82, 2.24) is 0 Å². The molecular weight excluding hydrogens is 126 g/mol. The maximum atomic E-state index is 9.17. The van der Waals surface area contributed by atoms with Crippen LogP contribution in [0.1, 0.15) is 19.8 Å². The van der Waals surface area contributed by atoms with Gasteiger partial charge in [0, 0.05) is 19.2 Å². The fourth-order valence-electron chi connectivity index (χ4n) is 0.442. The van der Waals surface area contributed by atoms with Crippen LogP contribution in [-0.2, 0) is 4.79 Å². The first-order valence-corrected chi connectivity index (χ1v) is 3.50. The molecule has 0 spiro atoms. The molecule has 2 nitrogen and oxygen atoms in total. The maximum Gasteiger partial charge on any atom is 0.119 e. The first-order chi connectivity index (χ1) is 4.91. The molecule has 0 aromatic rings. The number of nitrogens with zero attached hydrogens (tertiary/aromatic N) is 1. The standard InChI is InChI=1S/C5H7N.C3H6O/c1-2-4-6-5-3-1;1-2-3-4/h1-2,4H,3,5H2;3H,2H2,1H3. The summed E-state index contributed by atoms with van der Waals surface area (Å²) in [5.74, 6) is 0. The summed E-state index contributed by atoms with van der Waals surface area (Å²) >= 11 is 0. The van der Waals surface area contributed by atoms with Gasteiger partial charge in [-0.2, -0.15) is 0 Å². The largest absolute Gasteiger partial charge is 0.303 e. The second-order valence-electron chi connectivity index (χ2n) is 1.85. The number of dihydropyridines is 1. The number of carbonyl (C=O) groups is 1. The highest BCUT2D eigenvalue weighted by molar-refractivity contribution is 5.71. The fourth-order valence-corrected chi connectivity index (χ4v) is 0.442. The maximum absolute atomic E-state index is 9.17. The summed E-state index contributed by atoms with van der Waals surface area (Å²) in [4.78, 5) is 13.1. The Balaban J connectivity index is 0.000000180. The third-order valence-corrected chi connectivity index (χ3v) is 0.919. The quantitative estimate of drug-likeness (QED) is 0.507. The van der Waals surface area contributed by atoms with Gasteiger partial charge in [-0.3, -0.25) is 4.99 Å². The molecule has 0 radical (unpaired) electrons. The van der Waals surface area contributed by atoms with Crippen molar-refractivity contribution in [3.8, 4) is 0 Å². The molecule has 0 aromatic carbocycles. The monoisotopic (exact) mass is 139 g/mol. The fraction of sp³-hybridized carbons (Fsp3) is 0.500. The van der Waals surface area contributed by atoms with E-state index in [2.05, 4.69) is 11.1 Å². The van der Waals surface area contributed by atoms with E-state index in [1.807, 2.05) is 19.2 Å². The molecule has 1 aliphatic heterocycles. The molecule has 56 valence electrons. The van der Waals surface area contributed by atoms with Gasteiger partial charge in [-0.1, -0.05) is 13.0 Å². The highest BCUT2D eigenvalue weighted by Gasteiger charge is 1.78. The first kappa shape index (κ1) is 9.08. The molecule has 0 fully saturated rings. The molecule has 1 rings (SSSR count). The van der Waals surface area contributed by atoms with E-state index in [4.69, 9.17) is 0 Å². The predicted octanol–water partition coefficient (Wildman–Crippen LogP) is 1.61. The summed E-state index contributed by atoms with van der Waals surface area (Å²) in [6.07, 6.45) is 8.57. The Hall–Kier alpha value is -0.920. The van der Waals surface area contributed by atoms with Gasteiger partial charge in [-0.25, -0.2) is 0 Å². The van der Waals surface area contributed by atoms with Crippen LogP contribution >= 0.6 is 0 Å². The van der Waals surface area contributed by atoms with E-state index < -0.39 is 0 Å². The van der Waals surface area contributed by atoms with Crippen LogP contribution in [0.5, 0.6) is 0 Å². The number of hydrogen-bond donors (Lipinski definition) is 0. The van der Waals surface area contributed by atoms with E-state index in [1.165, 1.54) is 0 Å². The van der Waals surface area contributed by atoms with E-state index in [-0.39, 0.29) is 0 Å². The zero-order chi connectivity index (χ0) is 7.66. The van der Waals surface area contributed by atoms with Gasteiger partial charge in [0.1, 0.15) is 6.29 Å². The molecule has 0 aliphatic carbocycles. The second-order valence-corrected chi connectivity index (χ2v) is 1.85. The lowest BCUT2D eigenvalue weighted by Crippen LogP contribution is -1.81. The third kappa shape index (κ3) is 7.08. The summed E-state index contributed by atoms with van der Waals surface area (Å²) in [5, 5.41) is 0. The molecule has 10 heavy (non-hydrogen) atoms. The Bertz CT molecular complexity index is 115. The van der Waals surface area contributed by atoms with Crippen LogP contribution < -0.4 is 0 Å². The van der Waals surface area contributed by atoms with Crippen LogP contribution in [-0.4, -0.2) is 19.0 Å². The molecule has 1 heterocycles. The van der Waals surface area contributed by atoms with Gasteiger partial charge in [-0.15, -0.1) is 0 Å². The van der Waals surface area contributed by atoms with Gasteiger partial charge in [0.2, 0.25) is 0 Å².